The number of carbonyl (C=O) groups excluding carboxylic acids is 1. The van der Waals surface area contributed by atoms with Gasteiger partial charge in [0, 0.05) is 12.1 Å². The topological polar surface area (TPSA) is 114 Å². The largest absolute Gasteiger partial charge is 0.438 e. The number of rotatable bonds is 10. The van der Waals surface area contributed by atoms with Crippen LogP contribution in [0.25, 0.3) is 0 Å². The molecule has 124 valence electrons. The van der Waals surface area contributed by atoms with Crippen LogP contribution in [0.1, 0.15) is 18.4 Å². The first-order chi connectivity index (χ1) is 10.1. The van der Waals surface area contributed by atoms with Crippen LogP contribution in [-0.2, 0) is 25.5 Å². The molecule has 2 N–H and O–H groups in total. The summed E-state index contributed by atoms with van der Waals surface area (Å²) in [5.74, 6) is -0.389. The number of nitrogen functional groups attached to an aromatic ring is 1. The lowest BCUT2D eigenvalue weighted by molar-refractivity contribution is -0.758. The van der Waals surface area contributed by atoms with Crippen molar-refractivity contribution in [2.24, 2.45) is 0 Å². The van der Waals surface area contributed by atoms with E-state index in [0.717, 1.165) is 5.56 Å². The lowest BCUT2D eigenvalue weighted by Crippen LogP contribution is -2.13. The molecule has 0 aliphatic heterocycles. The van der Waals surface area contributed by atoms with Crippen LogP contribution in [0.15, 0.2) is 24.3 Å². The van der Waals surface area contributed by atoms with Gasteiger partial charge in [0.2, 0.25) is 0 Å². The molecule has 0 heterocycles. The third-order valence-electron chi connectivity index (χ3n) is 2.61. The molecule has 0 unspecified atom stereocenters. The number of ether oxygens (including phenoxy) is 2. The minimum Gasteiger partial charge on any atom is -0.438 e. The predicted octanol–water partition coefficient (Wildman–Crippen LogP) is 1.74. The molecular formula is C13H19ClN2O6. The Morgan fingerprint density at radius 1 is 1.27 bits per heavy atom. The molecule has 0 aromatic heterocycles. The Balaban J connectivity index is 0.00000441. The smallest absolute Gasteiger partial charge is 0.307 e. The molecule has 1 rings (SSSR count). The first-order valence-corrected chi connectivity index (χ1v) is 6.43. The minimum atomic E-state index is -0.912. The number of benzene rings is 1. The normalized spacial score (nSPS) is 9.64. The summed E-state index contributed by atoms with van der Waals surface area (Å²) >= 11 is 0. The van der Waals surface area contributed by atoms with Crippen molar-refractivity contribution in [3.05, 3.63) is 39.9 Å². The number of para-hydroxylation sites is 1. The van der Waals surface area contributed by atoms with Crippen molar-refractivity contribution >= 4 is 24.1 Å². The second-order valence-corrected chi connectivity index (χ2v) is 4.15. The summed E-state index contributed by atoms with van der Waals surface area (Å²) in [6, 6.07) is 7.48. The van der Waals surface area contributed by atoms with Crippen LogP contribution in [0.3, 0.4) is 0 Å². The standard InChI is InChI=1S/C13H18N2O6.ClH/c14-12-6-2-1-4-11(12)5-3-7-13(16)20-10-19-8-9-21-15(17)18;/h1-2,4,6H,3,5,7-10,14H2;1H. The van der Waals surface area contributed by atoms with Crippen molar-refractivity contribution in [2.75, 3.05) is 25.7 Å². The average Bonchev–Trinajstić information content (AvgIpc) is 2.44. The molecule has 0 fully saturated rings. The molecule has 0 radical (unpaired) electrons. The number of carbonyl (C=O) groups is 1. The monoisotopic (exact) mass is 334 g/mol. The first-order valence-electron chi connectivity index (χ1n) is 6.43. The van der Waals surface area contributed by atoms with Crippen molar-refractivity contribution < 1.29 is 24.2 Å². The quantitative estimate of drug-likeness (QED) is 0.173. The highest BCUT2D eigenvalue weighted by Crippen LogP contribution is 2.13. The Labute approximate surface area is 134 Å². The lowest BCUT2D eigenvalue weighted by Gasteiger charge is -2.07. The number of halogens is 1. The van der Waals surface area contributed by atoms with Gasteiger partial charge < -0.3 is 20.0 Å². The van der Waals surface area contributed by atoms with E-state index in [2.05, 4.69) is 4.84 Å². The molecule has 1 aromatic carbocycles. The van der Waals surface area contributed by atoms with Crippen LogP contribution >= 0.6 is 12.4 Å². The zero-order valence-electron chi connectivity index (χ0n) is 11.9. The number of nitrogens with zero attached hydrogens (tertiary/aromatic N) is 1. The van der Waals surface area contributed by atoms with Crippen LogP contribution in [0.5, 0.6) is 0 Å². The zero-order chi connectivity index (χ0) is 15.5. The van der Waals surface area contributed by atoms with Gasteiger partial charge in [0.1, 0.15) is 6.61 Å². The van der Waals surface area contributed by atoms with E-state index in [4.69, 9.17) is 15.2 Å². The summed E-state index contributed by atoms with van der Waals surface area (Å²) in [4.78, 5) is 25.2. The Bertz CT molecular complexity index is 472. The third kappa shape index (κ3) is 8.98. The number of aryl methyl sites for hydroxylation is 1. The zero-order valence-corrected chi connectivity index (χ0v) is 12.8. The van der Waals surface area contributed by atoms with E-state index in [1.807, 2.05) is 24.3 Å². The molecular weight excluding hydrogens is 316 g/mol. The van der Waals surface area contributed by atoms with Crippen molar-refractivity contribution in [1.29, 1.82) is 0 Å². The molecule has 0 aliphatic carbocycles. The van der Waals surface area contributed by atoms with Crippen LogP contribution in [0.2, 0.25) is 0 Å². The van der Waals surface area contributed by atoms with Gasteiger partial charge in [-0.1, -0.05) is 18.2 Å². The molecule has 9 heteroatoms. The summed E-state index contributed by atoms with van der Waals surface area (Å²) in [5.41, 5.74) is 7.50. The summed E-state index contributed by atoms with van der Waals surface area (Å²) in [6.07, 6.45) is 1.57. The molecule has 1 aromatic rings. The maximum atomic E-state index is 11.4. The second kappa shape index (κ2) is 11.6. The second-order valence-electron chi connectivity index (χ2n) is 4.15. The van der Waals surface area contributed by atoms with Gasteiger partial charge in [0.05, 0.1) is 6.61 Å². The number of anilines is 1. The van der Waals surface area contributed by atoms with Gasteiger partial charge in [-0.3, -0.25) is 4.79 Å². The molecule has 0 saturated heterocycles. The van der Waals surface area contributed by atoms with Crippen LogP contribution < -0.4 is 5.73 Å². The lowest BCUT2D eigenvalue weighted by atomic mass is 10.1. The highest BCUT2D eigenvalue weighted by molar-refractivity contribution is 5.85. The van der Waals surface area contributed by atoms with Gasteiger partial charge in [-0.15, -0.1) is 22.5 Å². The molecule has 0 atom stereocenters. The third-order valence-corrected chi connectivity index (χ3v) is 2.61. The van der Waals surface area contributed by atoms with Gasteiger partial charge >= 0.3 is 5.97 Å². The Hall–Kier alpha value is -2.06. The van der Waals surface area contributed by atoms with E-state index in [9.17, 15) is 14.9 Å². The Morgan fingerprint density at radius 3 is 2.68 bits per heavy atom. The fraction of sp³-hybridized carbons (Fsp3) is 0.462. The summed E-state index contributed by atoms with van der Waals surface area (Å²) in [5, 5.41) is 8.92. The van der Waals surface area contributed by atoms with Crippen molar-refractivity contribution in [2.45, 2.75) is 19.3 Å². The maximum Gasteiger partial charge on any atom is 0.307 e. The van der Waals surface area contributed by atoms with Gasteiger partial charge in [-0.25, -0.2) is 0 Å². The molecule has 0 aliphatic rings. The highest BCUT2D eigenvalue weighted by atomic mass is 35.5. The predicted molar refractivity (Wildman–Crippen MR) is 80.9 cm³/mol. The molecule has 0 bridgehead atoms. The molecule has 0 amide bonds. The fourth-order valence-electron chi connectivity index (χ4n) is 1.59. The van der Waals surface area contributed by atoms with Gasteiger partial charge in [0.25, 0.3) is 5.09 Å². The molecule has 8 nitrogen and oxygen atoms in total. The first kappa shape index (κ1) is 19.9. The van der Waals surface area contributed by atoms with E-state index in [0.29, 0.717) is 18.5 Å². The number of hydrogen-bond donors (Lipinski definition) is 1. The van der Waals surface area contributed by atoms with Crippen molar-refractivity contribution in [1.82, 2.24) is 0 Å². The maximum absolute atomic E-state index is 11.4. The SMILES string of the molecule is Cl.Nc1ccccc1CCCC(=O)OCOCCO[N+](=O)[O-]. The van der Waals surface area contributed by atoms with Crippen molar-refractivity contribution in [3.63, 3.8) is 0 Å². The van der Waals surface area contributed by atoms with Crippen molar-refractivity contribution in [3.8, 4) is 0 Å². The highest BCUT2D eigenvalue weighted by Gasteiger charge is 2.04. The minimum absolute atomic E-state index is 0. The summed E-state index contributed by atoms with van der Waals surface area (Å²) in [7, 11) is 0. The average molecular weight is 335 g/mol. The van der Waals surface area contributed by atoms with E-state index in [-0.39, 0.29) is 44.8 Å². The molecule has 22 heavy (non-hydrogen) atoms. The van der Waals surface area contributed by atoms with Gasteiger partial charge in [-0.2, -0.15) is 0 Å². The van der Waals surface area contributed by atoms with Crippen LogP contribution in [-0.4, -0.2) is 31.1 Å². The number of nitrogens with two attached hydrogens (primary N) is 1. The van der Waals surface area contributed by atoms with E-state index < -0.39 is 5.09 Å². The summed E-state index contributed by atoms with van der Waals surface area (Å²) < 4.78 is 9.65. The van der Waals surface area contributed by atoms with E-state index >= 15 is 0 Å². The molecule has 0 spiro atoms. The number of esters is 1. The van der Waals surface area contributed by atoms with Gasteiger partial charge in [-0.05, 0) is 24.5 Å². The Morgan fingerprint density at radius 2 is 2.00 bits per heavy atom. The van der Waals surface area contributed by atoms with E-state index in [1.165, 1.54) is 0 Å². The van der Waals surface area contributed by atoms with Gasteiger partial charge in [0.15, 0.2) is 6.79 Å². The van der Waals surface area contributed by atoms with E-state index in [1.54, 1.807) is 0 Å². The molecule has 0 saturated carbocycles. The summed E-state index contributed by atoms with van der Waals surface area (Å²) in [6.45, 7) is -0.458. The number of hydrogen-bond acceptors (Lipinski definition) is 7. The van der Waals surface area contributed by atoms with Crippen LogP contribution in [0.4, 0.5) is 5.69 Å². The van der Waals surface area contributed by atoms with Crippen LogP contribution in [0, 0.1) is 10.1 Å². The Kier molecular flexibility index (Phi) is 10.5. The fourth-order valence-corrected chi connectivity index (χ4v) is 1.59.